The molecular weight excluding hydrogens is 306 g/mol. The van der Waals surface area contributed by atoms with Gasteiger partial charge in [-0.3, -0.25) is 9.59 Å². The first-order valence-corrected chi connectivity index (χ1v) is 9.59. The number of piperazine rings is 1. The summed E-state index contributed by atoms with van der Waals surface area (Å²) in [5, 5.41) is 0. The Kier molecular flexibility index (Phi) is 4.15. The van der Waals surface area contributed by atoms with Crippen molar-refractivity contribution in [3.8, 4) is 0 Å². The van der Waals surface area contributed by atoms with Crippen molar-refractivity contribution in [1.29, 1.82) is 0 Å². The standard InChI is InChI=1S/C14H23N3O4S/c1-2-22(20,21)16-7-5-15(6-8-16)14(19)11-9-13(18)17(10-11)12-3-4-12/h11-12H,2-10H2,1H3. The number of nitrogens with zero attached hydrogens (tertiary/aromatic N) is 3. The second-order valence-corrected chi connectivity index (χ2v) is 8.56. The van der Waals surface area contributed by atoms with Gasteiger partial charge in [-0.1, -0.05) is 0 Å². The molecule has 3 aliphatic rings. The third-order valence-electron chi connectivity index (χ3n) is 4.80. The van der Waals surface area contributed by atoms with Crippen LogP contribution >= 0.6 is 0 Å². The van der Waals surface area contributed by atoms with Gasteiger partial charge in [0.2, 0.25) is 21.8 Å². The number of sulfonamides is 1. The maximum absolute atomic E-state index is 12.5. The van der Waals surface area contributed by atoms with Crippen LogP contribution in [0.25, 0.3) is 0 Å². The van der Waals surface area contributed by atoms with Crippen molar-refractivity contribution < 1.29 is 18.0 Å². The van der Waals surface area contributed by atoms with E-state index in [0.717, 1.165) is 12.8 Å². The lowest BCUT2D eigenvalue weighted by molar-refractivity contribution is -0.137. The zero-order valence-electron chi connectivity index (χ0n) is 12.9. The average Bonchev–Trinajstić information content (AvgIpc) is 3.29. The van der Waals surface area contributed by atoms with Crippen molar-refractivity contribution in [1.82, 2.24) is 14.1 Å². The van der Waals surface area contributed by atoms with Gasteiger partial charge in [0.25, 0.3) is 0 Å². The van der Waals surface area contributed by atoms with Crippen LogP contribution in [0.5, 0.6) is 0 Å². The van der Waals surface area contributed by atoms with Crippen molar-refractivity contribution in [2.24, 2.45) is 5.92 Å². The van der Waals surface area contributed by atoms with E-state index >= 15 is 0 Å². The molecule has 124 valence electrons. The summed E-state index contributed by atoms with van der Waals surface area (Å²) >= 11 is 0. The van der Waals surface area contributed by atoms with E-state index in [1.54, 1.807) is 11.8 Å². The van der Waals surface area contributed by atoms with Gasteiger partial charge in [0, 0.05) is 45.2 Å². The van der Waals surface area contributed by atoms with Crippen molar-refractivity contribution in [3.05, 3.63) is 0 Å². The van der Waals surface area contributed by atoms with Crippen LogP contribution in [0.1, 0.15) is 26.2 Å². The van der Waals surface area contributed by atoms with E-state index in [0.29, 0.717) is 45.2 Å². The molecule has 0 aromatic carbocycles. The molecule has 2 aliphatic heterocycles. The highest BCUT2D eigenvalue weighted by molar-refractivity contribution is 7.89. The monoisotopic (exact) mass is 329 g/mol. The molecule has 3 rings (SSSR count). The molecule has 8 heteroatoms. The SMILES string of the molecule is CCS(=O)(=O)N1CCN(C(=O)C2CC(=O)N(C3CC3)C2)CC1. The number of rotatable bonds is 4. The molecule has 0 aromatic rings. The average molecular weight is 329 g/mol. The highest BCUT2D eigenvalue weighted by Gasteiger charge is 2.43. The van der Waals surface area contributed by atoms with Crippen LogP contribution in [-0.2, 0) is 19.6 Å². The molecule has 0 N–H and O–H groups in total. The van der Waals surface area contributed by atoms with E-state index in [-0.39, 0.29) is 23.5 Å². The summed E-state index contributed by atoms with van der Waals surface area (Å²) < 4.78 is 25.1. The van der Waals surface area contributed by atoms with E-state index in [9.17, 15) is 18.0 Å². The number of likely N-dealkylation sites (tertiary alicyclic amines) is 1. The molecule has 2 saturated heterocycles. The Balaban J connectivity index is 1.55. The fraction of sp³-hybridized carbons (Fsp3) is 0.857. The molecule has 2 heterocycles. The number of hydrogen-bond acceptors (Lipinski definition) is 4. The molecule has 0 radical (unpaired) electrons. The van der Waals surface area contributed by atoms with E-state index < -0.39 is 10.0 Å². The van der Waals surface area contributed by atoms with Crippen molar-refractivity contribution >= 4 is 21.8 Å². The molecule has 2 amide bonds. The van der Waals surface area contributed by atoms with Gasteiger partial charge in [-0.15, -0.1) is 0 Å². The van der Waals surface area contributed by atoms with Gasteiger partial charge >= 0.3 is 0 Å². The molecule has 0 aromatic heterocycles. The molecule has 22 heavy (non-hydrogen) atoms. The second-order valence-electron chi connectivity index (χ2n) is 6.30. The van der Waals surface area contributed by atoms with Crippen molar-refractivity contribution in [3.63, 3.8) is 0 Å². The summed E-state index contributed by atoms with van der Waals surface area (Å²) in [7, 11) is -3.18. The summed E-state index contributed by atoms with van der Waals surface area (Å²) in [6.45, 7) is 3.72. The summed E-state index contributed by atoms with van der Waals surface area (Å²) in [4.78, 5) is 28.0. The van der Waals surface area contributed by atoms with Gasteiger partial charge in [-0.25, -0.2) is 8.42 Å². The number of hydrogen-bond donors (Lipinski definition) is 0. The quantitative estimate of drug-likeness (QED) is 0.696. The van der Waals surface area contributed by atoms with Crippen molar-refractivity contribution in [2.45, 2.75) is 32.2 Å². The number of carbonyl (C=O) groups excluding carboxylic acids is 2. The third kappa shape index (κ3) is 2.99. The third-order valence-corrected chi connectivity index (χ3v) is 6.69. The maximum atomic E-state index is 12.5. The smallest absolute Gasteiger partial charge is 0.228 e. The Hall–Kier alpha value is -1.15. The van der Waals surface area contributed by atoms with Crippen LogP contribution in [-0.4, -0.2) is 78.9 Å². The molecule has 1 atom stereocenters. The van der Waals surface area contributed by atoms with Crippen LogP contribution < -0.4 is 0 Å². The predicted octanol–water partition coefficient (Wildman–Crippen LogP) is -0.509. The summed E-state index contributed by atoms with van der Waals surface area (Å²) in [6.07, 6.45) is 2.42. The van der Waals surface area contributed by atoms with E-state index in [4.69, 9.17) is 0 Å². The van der Waals surface area contributed by atoms with Gasteiger partial charge in [-0.05, 0) is 19.8 Å². The Morgan fingerprint density at radius 3 is 2.36 bits per heavy atom. The fourth-order valence-electron chi connectivity index (χ4n) is 3.26. The predicted molar refractivity (Wildman–Crippen MR) is 80.5 cm³/mol. The first-order chi connectivity index (χ1) is 10.4. The molecule has 0 bridgehead atoms. The lowest BCUT2D eigenvalue weighted by Crippen LogP contribution is -2.52. The molecule has 7 nitrogen and oxygen atoms in total. The van der Waals surface area contributed by atoms with E-state index in [2.05, 4.69) is 0 Å². The number of amides is 2. The Labute approximate surface area is 131 Å². The van der Waals surface area contributed by atoms with Crippen LogP contribution in [0.3, 0.4) is 0 Å². The summed E-state index contributed by atoms with van der Waals surface area (Å²) in [5.74, 6) is -0.0606. The Morgan fingerprint density at radius 2 is 1.82 bits per heavy atom. The lowest BCUT2D eigenvalue weighted by atomic mass is 10.1. The van der Waals surface area contributed by atoms with Gasteiger partial charge in [0.15, 0.2) is 0 Å². The largest absolute Gasteiger partial charge is 0.340 e. The van der Waals surface area contributed by atoms with Gasteiger partial charge in [-0.2, -0.15) is 4.31 Å². The minimum absolute atomic E-state index is 0.00467. The first-order valence-electron chi connectivity index (χ1n) is 7.98. The molecular formula is C14H23N3O4S. The number of carbonyl (C=O) groups is 2. The molecule has 1 unspecified atom stereocenters. The summed E-state index contributed by atoms with van der Waals surface area (Å²) in [6, 6.07) is 0.358. The van der Waals surface area contributed by atoms with E-state index in [1.807, 2.05) is 4.90 Å². The Bertz CT molecular complexity index is 565. The highest BCUT2D eigenvalue weighted by atomic mass is 32.2. The van der Waals surface area contributed by atoms with Crippen molar-refractivity contribution in [2.75, 3.05) is 38.5 Å². The van der Waals surface area contributed by atoms with Gasteiger partial charge in [0.1, 0.15) is 0 Å². The zero-order chi connectivity index (χ0) is 15.9. The van der Waals surface area contributed by atoms with Gasteiger partial charge in [0.05, 0.1) is 11.7 Å². The van der Waals surface area contributed by atoms with E-state index in [1.165, 1.54) is 4.31 Å². The second kappa shape index (κ2) is 5.81. The topological polar surface area (TPSA) is 78.0 Å². The van der Waals surface area contributed by atoms with Gasteiger partial charge < -0.3 is 9.80 Å². The minimum Gasteiger partial charge on any atom is -0.340 e. The summed E-state index contributed by atoms with van der Waals surface area (Å²) in [5.41, 5.74) is 0. The zero-order valence-corrected chi connectivity index (χ0v) is 13.7. The molecule has 1 saturated carbocycles. The maximum Gasteiger partial charge on any atom is 0.228 e. The lowest BCUT2D eigenvalue weighted by Gasteiger charge is -2.35. The molecule has 3 fully saturated rings. The minimum atomic E-state index is -3.18. The molecule has 1 aliphatic carbocycles. The van der Waals surface area contributed by atoms with Crippen LogP contribution in [0.4, 0.5) is 0 Å². The normalized spacial score (nSPS) is 27.5. The molecule has 0 spiro atoms. The Morgan fingerprint density at radius 1 is 1.18 bits per heavy atom. The fourth-order valence-corrected chi connectivity index (χ4v) is 4.35. The first kappa shape index (κ1) is 15.7. The highest BCUT2D eigenvalue weighted by Crippen LogP contribution is 2.33. The van der Waals surface area contributed by atoms with Crippen LogP contribution in [0, 0.1) is 5.92 Å². The van der Waals surface area contributed by atoms with Crippen LogP contribution in [0.2, 0.25) is 0 Å². The van der Waals surface area contributed by atoms with Crippen LogP contribution in [0.15, 0.2) is 0 Å².